The van der Waals surface area contributed by atoms with E-state index in [4.69, 9.17) is 18.9 Å². The van der Waals surface area contributed by atoms with Gasteiger partial charge >= 0.3 is 5.97 Å². The fraction of sp³-hybridized carbons (Fsp3) is 0.333. The van der Waals surface area contributed by atoms with Gasteiger partial charge in [0.1, 0.15) is 10.6 Å². The molecule has 35 heavy (non-hydrogen) atoms. The molecule has 0 saturated heterocycles. The third-order valence-corrected chi connectivity index (χ3v) is 6.38. The summed E-state index contributed by atoms with van der Waals surface area (Å²) in [5.41, 5.74) is 3.12. The summed E-state index contributed by atoms with van der Waals surface area (Å²) in [4.78, 5) is 26.0. The Labute approximate surface area is 210 Å². The minimum absolute atomic E-state index is 0.0186. The SMILES string of the molecule is CCOC(=O)c1c(-c2cc(OC)c(OC)c(OC)c2)csc1NC(=O)c1ccc(C(C)(C)C)cc1. The van der Waals surface area contributed by atoms with Crippen molar-refractivity contribution in [3.8, 4) is 28.4 Å². The molecule has 1 N–H and O–H groups in total. The maximum Gasteiger partial charge on any atom is 0.341 e. The number of hydrogen-bond acceptors (Lipinski definition) is 7. The van der Waals surface area contributed by atoms with Gasteiger partial charge < -0.3 is 24.3 Å². The first-order valence-corrected chi connectivity index (χ1v) is 12.0. The summed E-state index contributed by atoms with van der Waals surface area (Å²) in [7, 11) is 4.57. The van der Waals surface area contributed by atoms with Crippen molar-refractivity contribution in [2.24, 2.45) is 0 Å². The van der Waals surface area contributed by atoms with Crippen molar-refractivity contribution in [2.75, 3.05) is 33.3 Å². The molecule has 1 aromatic heterocycles. The van der Waals surface area contributed by atoms with Crippen molar-refractivity contribution in [2.45, 2.75) is 33.1 Å². The van der Waals surface area contributed by atoms with Crippen molar-refractivity contribution in [3.05, 3.63) is 58.5 Å². The van der Waals surface area contributed by atoms with Gasteiger partial charge in [0.05, 0.1) is 27.9 Å². The molecule has 0 saturated carbocycles. The molecular formula is C27H31NO6S. The lowest BCUT2D eigenvalue weighted by atomic mass is 9.87. The molecule has 0 bridgehead atoms. The molecule has 0 aliphatic heterocycles. The molecule has 0 aliphatic rings. The van der Waals surface area contributed by atoms with Crippen LogP contribution in [0, 0.1) is 0 Å². The molecular weight excluding hydrogens is 466 g/mol. The van der Waals surface area contributed by atoms with Crippen LogP contribution in [0.3, 0.4) is 0 Å². The third kappa shape index (κ3) is 5.59. The van der Waals surface area contributed by atoms with Crippen molar-refractivity contribution in [1.29, 1.82) is 0 Å². The molecule has 7 nitrogen and oxygen atoms in total. The molecule has 0 atom stereocenters. The van der Waals surface area contributed by atoms with Gasteiger partial charge in [-0.25, -0.2) is 4.79 Å². The molecule has 3 aromatic rings. The standard InChI is InChI=1S/C27H31NO6S/c1-8-34-26(30)22-19(17-13-20(31-5)23(33-7)21(14-17)32-6)15-35-25(22)28-24(29)16-9-11-18(12-10-16)27(2,3)4/h9-15H,8H2,1-7H3,(H,28,29). The summed E-state index contributed by atoms with van der Waals surface area (Å²) in [6, 6.07) is 11.0. The van der Waals surface area contributed by atoms with Crippen molar-refractivity contribution >= 4 is 28.2 Å². The average Bonchev–Trinajstić information content (AvgIpc) is 3.26. The van der Waals surface area contributed by atoms with E-state index in [1.165, 1.54) is 32.7 Å². The van der Waals surface area contributed by atoms with Crippen LogP contribution in [0.4, 0.5) is 5.00 Å². The zero-order valence-corrected chi connectivity index (χ0v) is 21.9. The highest BCUT2D eigenvalue weighted by Crippen LogP contribution is 2.44. The zero-order chi connectivity index (χ0) is 25.8. The Morgan fingerprint density at radius 2 is 1.54 bits per heavy atom. The fourth-order valence-corrected chi connectivity index (χ4v) is 4.55. The Kier molecular flexibility index (Phi) is 8.07. The first-order valence-electron chi connectivity index (χ1n) is 11.1. The molecule has 3 rings (SSSR count). The first-order chi connectivity index (χ1) is 16.6. The summed E-state index contributed by atoms with van der Waals surface area (Å²) < 4.78 is 21.7. The normalized spacial score (nSPS) is 11.1. The minimum Gasteiger partial charge on any atom is -0.493 e. The van der Waals surface area contributed by atoms with Crippen LogP contribution in [0.5, 0.6) is 17.2 Å². The fourth-order valence-electron chi connectivity index (χ4n) is 3.60. The summed E-state index contributed by atoms with van der Waals surface area (Å²) in [6.45, 7) is 8.28. The topological polar surface area (TPSA) is 83.1 Å². The minimum atomic E-state index is -0.532. The number of carbonyl (C=O) groups is 2. The number of benzene rings is 2. The van der Waals surface area contributed by atoms with Gasteiger partial charge in [0.25, 0.3) is 5.91 Å². The van der Waals surface area contributed by atoms with Gasteiger partial charge in [0, 0.05) is 16.5 Å². The number of thiophene rings is 1. The van der Waals surface area contributed by atoms with E-state index in [1.54, 1.807) is 36.6 Å². The molecule has 186 valence electrons. The Morgan fingerprint density at radius 3 is 2.03 bits per heavy atom. The van der Waals surface area contributed by atoms with Crippen LogP contribution in [0.2, 0.25) is 0 Å². The Bertz CT molecular complexity index is 1180. The number of hydrogen-bond donors (Lipinski definition) is 1. The Hall–Kier alpha value is -3.52. The van der Waals surface area contributed by atoms with Gasteiger partial charge in [-0.2, -0.15) is 0 Å². The van der Waals surface area contributed by atoms with E-state index in [1.807, 2.05) is 12.1 Å². The number of rotatable bonds is 8. The van der Waals surface area contributed by atoms with E-state index in [0.717, 1.165) is 5.56 Å². The molecule has 0 radical (unpaired) electrons. The average molecular weight is 498 g/mol. The number of esters is 1. The van der Waals surface area contributed by atoms with E-state index in [-0.39, 0.29) is 23.5 Å². The number of nitrogens with one attached hydrogen (secondary N) is 1. The number of amides is 1. The summed E-state index contributed by atoms with van der Waals surface area (Å²) in [5, 5.41) is 5.08. The van der Waals surface area contributed by atoms with Crippen LogP contribution >= 0.6 is 11.3 Å². The molecule has 8 heteroatoms. The lowest BCUT2D eigenvalue weighted by Crippen LogP contribution is -2.16. The van der Waals surface area contributed by atoms with Crippen molar-refractivity contribution < 1.29 is 28.5 Å². The third-order valence-electron chi connectivity index (χ3n) is 5.49. The van der Waals surface area contributed by atoms with Gasteiger partial charge in [0.2, 0.25) is 5.75 Å². The van der Waals surface area contributed by atoms with Crippen molar-refractivity contribution in [3.63, 3.8) is 0 Å². The van der Waals surface area contributed by atoms with Crippen LogP contribution in [0.1, 0.15) is 54.0 Å². The molecule has 0 aliphatic carbocycles. The molecule has 1 amide bonds. The monoisotopic (exact) mass is 497 g/mol. The van der Waals surface area contributed by atoms with E-state index < -0.39 is 5.97 Å². The predicted octanol–water partition coefficient (Wildman–Crippen LogP) is 6.17. The molecule has 0 fully saturated rings. The van der Waals surface area contributed by atoms with E-state index in [9.17, 15) is 9.59 Å². The van der Waals surface area contributed by atoms with Crippen LogP contribution < -0.4 is 19.5 Å². The van der Waals surface area contributed by atoms with Crippen LogP contribution in [-0.2, 0) is 10.2 Å². The van der Waals surface area contributed by atoms with Gasteiger partial charge in [-0.05, 0) is 47.7 Å². The first kappa shape index (κ1) is 26.1. The van der Waals surface area contributed by atoms with E-state index >= 15 is 0 Å². The Balaban J connectivity index is 2.03. The Morgan fingerprint density at radius 1 is 0.943 bits per heavy atom. The second kappa shape index (κ2) is 10.8. The van der Waals surface area contributed by atoms with Gasteiger partial charge in [-0.3, -0.25) is 4.79 Å². The summed E-state index contributed by atoms with van der Waals surface area (Å²) >= 11 is 1.25. The van der Waals surface area contributed by atoms with Gasteiger partial charge in [0.15, 0.2) is 11.5 Å². The van der Waals surface area contributed by atoms with Crippen molar-refractivity contribution in [1.82, 2.24) is 0 Å². The predicted molar refractivity (Wildman–Crippen MR) is 138 cm³/mol. The van der Waals surface area contributed by atoms with Gasteiger partial charge in [-0.1, -0.05) is 32.9 Å². The molecule has 1 heterocycles. The lowest BCUT2D eigenvalue weighted by Gasteiger charge is -2.19. The molecule has 0 unspecified atom stereocenters. The highest BCUT2D eigenvalue weighted by molar-refractivity contribution is 7.15. The van der Waals surface area contributed by atoms with E-state index in [2.05, 4.69) is 26.1 Å². The largest absolute Gasteiger partial charge is 0.493 e. The maximum absolute atomic E-state index is 13.0. The number of anilines is 1. The quantitative estimate of drug-likeness (QED) is 0.375. The zero-order valence-electron chi connectivity index (χ0n) is 21.1. The maximum atomic E-state index is 13.0. The highest BCUT2D eigenvalue weighted by atomic mass is 32.1. The van der Waals surface area contributed by atoms with Crippen LogP contribution in [0.15, 0.2) is 41.8 Å². The van der Waals surface area contributed by atoms with E-state index in [0.29, 0.717) is 38.9 Å². The number of carbonyl (C=O) groups excluding carboxylic acids is 2. The number of ether oxygens (including phenoxy) is 4. The molecule has 0 spiro atoms. The number of methoxy groups -OCH3 is 3. The summed E-state index contributed by atoms with van der Waals surface area (Å²) in [5.74, 6) is 0.504. The second-order valence-electron chi connectivity index (χ2n) is 8.77. The second-order valence-corrected chi connectivity index (χ2v) is 9.65. The lowest BCUT2D eigenvalue weighted by molar-refractivity contribution is 0.0529. The smallest absolute Gasteiger partial charge is 0.341 e. The van der Waals surface area contributed by atoms with Crippen LogP contribution in [0.25, 0.3) is 11.1 Å². The van der Waals surface area contributed by atoms with Crippen LogP contribution in [-0.4, -0.2) is 39.8 Å². The van der Waals surface area contributed by atoms with Gasteiger partial charge in [-0.15, -0.1) is 11.3 Å². The highest BCUT2D eigenvalue weighted by Gasteiger charge is 2.25. The molecule has 2 aromatic carbocycles. The summed E-state index contributed by atoms with van der Waals surface area (Å²) in [6.07, 6.45) is 0.